The monoisotopic (exact) mass is 518 g/mol. The van der Waals surface area contributed by atoms with Crippen LogP contribution in [0.1, 0.15) is 106 Å². The van der Waals surface area contributed by atoms with Crippen LogP contribution in [-0.2, 0) is 18.8 Å². The molecular weight excluding hydrogens is 464 g/mol. The van der Waals surface area contributed by atoms with Crippen LogP contribution >= 0.6 is 0 Å². The lowest BCUT2D eigenvalue weighted by molar-refractivity contribution is -0.160. The number of Topliss-reactive ketones (excluding diaryl/α,β-unsaturated/α-hetero) is 1. The van der Waals surface area contributed by atoms with Crippen molar-refractivity contribution in [2.75, 3.05) is 7.11 Å². The molecule has 5 heteroatoms. The molecule has 7 unspecified atom stereocenters. The van der Waals surface area contributed by atoms with Crippen LogP contribution in [0, 0.1) is 46.3 Å². The molecule has 4 nitrogen and oxygen atoms in total. The predicted octanol–water partition coefficient (Wildman–Crippen LogP) is 7.80. The average molecular weight is 519 g/mol. The van der Waals surface area contributed by atoms with Crippen LogP contribution in [-0.4, -0.2) is 33.3 Å². The number of ether oxygens (including phenoxy) is 1. The maximum absolute atomic E-state index is 13.9. The van der Waals surface area contributed by atoms with Crippen molar-refractivity contribution in [3.63, 3.8) is 0 Å². The fourth-order valence-corrected chi connectivity index (χ4v) is 10.6. The van der Waals surface area contributed by atoms with Gasteiger partial charge in [0.05, 0.1) is 7.11 Å². The van der Waals surface area contributed by atoms with Crippen LogP contribution in [0.4, 0.5) is 0 Å². The molecule has 0 amide bonds. The summed E-state index contributed by atoms with van der Waals surface area (Å²) in [5.41, 5.74) is 0.514. The van der Waals surface area contributed by atoms with Crippen LogP contribution < -0.4 is 0 Å². The molecule has 0 radical (unpaired) electrons. The third kappa shape index (κ3) is 4.78. The number of carbonyl (C=O) groups excluding carboxylic acids is 2. The number of carbonyl (C=O) groups is 2. The Bertz CT molecular complexity index is 846. The zero-order valence-corrected chi connectivity index (χ0v) is 25.7. The second kappa shape index (κ2) is 9.81. The average Bonchev–Trinajstić information content (AvgIpc) is 3.14. The highest BCUT2D eigenvalue weighted by molar-refractivity contribution is 6.74. The fourth-order valence-electron chi connectivity index (χ4n) is 9.22. The van der Waals surface area contributed by atoms with Crippen molar-refractivity contribution < 1.29 is 18.8 Å². The number of fused-ring (bicyclic) bond motifs is 5. The van der Waals surface area contributed by atoms with Crippen molar-refractivity contribution >= 4 is 20.1 Å². The van der Waals surface area contributed by atoms with E-state index < -0.39 is 8.32 Å². The Kier molecular flexibility index (Phi) is 7.72. The van der Waals surface area contributed by atoms with E-state index in [1.54, 1.807) is 0 Å². The van der Waals surface area contributed by atoms with Gasteiger partial charge >= 0.3 is 5.97 Å². The van der Waals surface area contributed by atoms with E-state index in [0.29, 0.717) is 47.9 Å². The van der Waals surface area contributed by atoms with Crippen LogP contribution in [0.15, 0.2) is 0 Å². The largest absolute Gasteiger partial charge is 0.469 e. The molecule has 0 aliphatic heterocycles. The van der Waals surface area contributed by atoms with Crippen molar-refractivity contribution in [2.24, 2.45) is 46.3 Å². The number of methoxy groups -OCH3 is 1. The van der Waals surface area contributed by atoms with E-state index in [9.17, 15) is 9.59 Å². The molecule has 0 saturated heterocycles. The van der Waals surface area contributed by atoms with Gasteiger partial charge in [0, 0.05) is 24.9 Å². The van der Waals surface area contributed by atoms with Gasteiger partial charge in [-0.1, -0.05) is 41.5 Å². The maximum Gasteiger partial charge on any atom is 0.305 e. The summed E-state index contributed by atoms with van der Waals surface area (Å²) in [6.07, 6.45) is 10.8. The fraction of sp³-hybridized carbons (Fsp3) is 0.935. The standard InChI is InChI=1S/C31H54O4Si/c1-20(10-13-27(33)34-7)23-11-12-24-28-25(15-17-31(23,24)6)30(5)16-14-22(18-21(30)19-26(28)32)35-36(8,9)29(2,3)4/h20-25,28H,10-19H2,1-9H3/t20?,21?,22?,23?,24?,25?,28?,30-,31+/m0/s1. The van der Waals surface area contributed by atoms with Gasteiger partial charge in [0.25, 0.3) is 0 Å². The molecule has 206 valence electrons. The van der Waals surface area contributed by atoms with Gasteiger partial charge in [-0.25, -0.2) is 0 Å². The van der Waals surface area contributed by atoms with Gasteiger partial charge in [0.2, 0.25) is 0 Å². The van der Waals surface area contributed by atoms with Crippen molar-refractivity contribution in [3.8, 4) is 0 Å². The molecule has 0 heterocycles. The number of hydrogen-bond acceptors (Lipinski definition) is 4. The van der Waals surface area contributed by atoms with Gasteiger partial charge in [-0.05, 0) is 110 Å². The minimum Gasteiger partial charge on any atom is -0.469 e. The molecule has 0 spiro atoms. The lowest BCUT2D eigenvalue weighted by atomic mass is 9.44. The SMILES string of the molecule is COC(=O)CCC(C)C1CCC2C3C(=O)CC4CC(O[Si](C)(C)C(C)(C)C)CC[C@]4(C)C3CC[C@]12C. The Morgan fingerprint density at radius 2 is 1.69 bits per heavy atom. The Balaban J connectivity index is 1.48. The number of esters is 1. The summed E-state index contributed by atoms with van der Waals surface area (Å²) in [4.78, 5) is 25.7. The van der Waals surface area contributed by atoms with Crippen molar-refractivity contribution in [3.05, 3.63) is 0 Å². The molecule has 4 saturated carbocycles. The summed E-state index contributed by atoms with van der Waals surface area (Å²) in [6.45, 7) is 19.1. The van der Waals surface area contributed by atoms with Crippen LogP contribution in [0.3, 0.4) is 0 Å². The first-order valence-electron chi connectivity index (χ1n) is 14.9. The maximum atomic E-state index is 13.9. The summed E-state index contributed by atoms with van der Waals surface area (Å²) >= 11 is 0. The number of ketones is 1. The highest BCUT2D eigenvalue weighted by Gasteiger charge is 2.63. The number of rotatable bonds is 6. The minimum absolute atomic E-state index is 0.0974. The van der Waals surface area contributed by atoms with E-state index in [4.69, 9.17) is 9.16 Å². The van der Waals surface area contributed by atoms with Crippen molar-refractivity contribution in [1.82, 2.24) is 0 Å². The number of hydrogen-bond donors (Lipinski definition) is 0. The van der Waals surface area contributed by atoms with E-state index in [0.717, 1.165) is 25.7 Å². The lowest BCUT2D eigenvalue weighted by Gasteiger charge is -2.61. The second-order valence-corrected chi connectivity index (χ2v) is 20.0. The highest BCUT2D eigenvalue weighted by atomic mass is 28.4. The Labute approximate surface area is 222 Å². The van der Waals surface area contributed by atoms with Crippen molar-refractivity contribution in [2.45, 2.75) is 130 Å². The summed E-state index contributed by atoms with van der Waals surface area (Å²) in [5.74, 6) is 3.37. The zero-order chi connectivity index (χ0) is 26.7. The summed E-state index contributed by atoms with van der Waals surface area (Å²) in [6, 6.07) is 0. The first-order chi connectivity index (χ1) is 16.6. The Hall–Kier alpha value is -0.683. The molecule has 0 bridgehead atoms. The van der Waals surface area contributed by atoms with E-state index in [1.807, 2.05) is 0 Å². The van der Waals surface area contributed by atoms with Gasteiger partial charge < -0.3 is 9.16 Å². The van der Waals surface area contributed by atoms with E-state index in [2.05, 4.69) is 54.6 Å². The van der Waals surface area contributed by atoms with E-state index in [-0.39, 0.29) is 27.8 Å². The molecule has 0 aromatic heterocycles. The van der Waals surface area contributed by atoms with Gasteiger partial charge in [0.1, 0.15) is 5.78 Å². The molecule has 36 heavy (non-hydrogen) atoms. The highest BCUT2D eigenvalue weighted by Crippen LogP contribution is 2.67. The first kappa shape index (κ1) is 28.3. The molecule has 9 atom stereocenters. The lowest BCUT2D eigenvalue weighted by Crippen LogP contribution is -2.58. The minimum atomic E-state index is -1.80. The van der Waals surface area contributed by atoms with E-state index in [1.165, 1.54) is 39.2 Å². The second-order valence-electron chi connectivity index (χ2n) is 15.2. The molecule has 4 fully saturated rings. The third-order valence-electron chi connectivity index (χ3n) is 12.5. The van der Waals surface area contributed by atoms with Crippen LogP contribution in [0.25, 0.3) is 0 Å². The topological polar surface area (TPSA) is 52.6 Å². The Morgan fingerprint density at radius 3 is 2.33 bits per heavy atom. The Morgan fingerprint density at radius 1 is 1.06 bits per heavy atom. The summed E-state index contributed by atoms with van der Waals surface area (Å²) in [7, 11) is -0.318. The zero-order valence-electron chi connectivity index (χ0n) is 24.7. The van der Waals surface area contributed by atoms with Gasteiger partial charge in [-0.15, -0.1) is 0 Å². The van der Waals surface area contributed by atoms with Gasteiger partial charge in [-0.2, -0.15) is 0 Å². The van der Waals surface area contributed by atoms with E-state index >= 15 is 0 Å². The molecule has 0 aromatic carbocycles. The first-order valence-corrected chi connectivity index (χ1v) is 17.8. The molecule has 0 N–H and O–H groups in total. The third-order valence-corrected chi connectivity index (χ3v) is 17.0. The van der Waals surface area contributed by atoms with Gasteiger partial charge in [-0.3, -0.25) is 9.59 Å². The molecular formula is C31H54O4Si. The summed E-state index contributed by atoms with van der Waals surface area (Å²) < 4.78 is 11.8. The smallest absolute Gasteiger partial charge is 0.305 e. The molecule has 0 aromatic rings. The van der Waals surface area contributed by atoms with Gasteiger partial charge in [0.15, 0.2) is 8.32 Å². The van der Waals surface area contributed by atoms with Crippen LogP contribution in [0.2, 0.25) is 18.1 Å². The normalized spacial score (nSPS) is 41.8. The van der Waals surface area contributed by atoms with Crippen molar-refractivity contribution in [1.29, 1.82) is 0 Å². The van der Waals surface area contributed by atoms with Crippen LogP contribution in [0.5, 0.6) is 0 Å². The molecule has 4 rings (SSSR count). The molecule has 4 aliphatic carbocycles. The molecule has 4 aliphatic rings. The quantitative estimate of drug-likeness (QED) is 0.266. The summed E-state index contributed by atoms with van der Waals surface area (Å²) in [5, 5.41) is 0.224. The predicted molar refractivity (Wildman–Crippen MR) is 148 cm³/mol.